The second kappa shape index (κ2) is 5.19. The molecule has 17 heavy (non-hydrogen) atoms. The zero-order chi connectivity index (χ0) is 12.5. The molecule has 0 aromatic carbocycles. The fourth-order valence-electron chi connectivity index (χ4n) is 1.96. The summed E-state index contributed by atoms with van der Waals surface area (Å²) in [5.41, 5.74) is 0. The van der Waals surface area contributed by atoms with Crippen molar-refractivity contribution in [1.29, 1.82) is 0 Å². The van der Waals surface area contributed by atoms with Crippen LogP contribution in [0.4, 0.5) is 0 Å². The molecule has 0 bridgehead atoms. The maximum Gasteiger partial charge on any atom is 0.252 e. The van der Waals surface area contributed by atoms with Crippen molar-refractivity contribution in [2.24, 2.45) is 0 Å². The van der Waals surface area contributed by atoms with Crippen LogP contribution < -0.4 is 4.72 Å². The Morgan fingerprint density at radius 3 is 2.94 bits per heavy atom. The van der Waals surface area contributed by atoms with Crippen LogP contribution in [0.15, 0.2) is 10.4 Å². The predicted octanol–water partition coefficient (Wildman–Crippen LogP) is 1.64. The van der Waals surface area contributed by atoms with Crippen molar-refractivity contribution in [3.8, 4) is 0 Å². The Labute approximate surface area is 109 Å². The van der Waals surface area contributed by atoms with Crippen molar-refractivity contribution in [2.75, 3.05) is 7.11 Å². The molecule has 0 radical (unpaired) electrons. The molecule has 8 heteroatoms. The smallest absolute Gasteiger partial charge is 0.252 e. The van der Waals surface area contributed by atoms with Crippen LogP contribution in [0.5, 0.6) is 0 Å². The summed E-state index contributed by atoms with van der Waals surface area (Å²) in [5, 5.41) is 0. The van der Waals surface area contributed by atoms with Gasteiger partial charge in [-0.3, -0.25) is 0 Å². The number of nitrogens with zero attached hydrogens (tertiary/aromatic N) is 1. The number of aromatic nitrogens is 1. The molecule has 1 aromatic heterocycles. The van der Waals surface area contributed by atoms with E-state index in [-0.39, 0.29) is 20.8 Å². The minimum atomic E-state index is -3.52. The highest BCUT2D eigenvalue weighted by atomic mass is 35.5. The molecule has 0 saturated heterocycles. The molecule has 1 N–H and O–H groups in total. The van der Waals surface area contributed by atoms with Crippen molar-refractivity contribution < 1.29 is 13.2 Å². The van der Waals surface area contributed by atoms with E-state index in [1.807, 2.05) is 0 Å². The summed E-state index contributed by atoms with van der Waals surface area (Å²) in [7, 11) is -1.93. The average molecular weight is 297 g/mol. The van der Waals surface area contributed by atoms with E-state index in [4.69, 9.17) is 16.3 Å². The van der Waals surface area contributed by atoms with Gasteiger partial charge in [0.25, 0.3) is 10.0 Å². The van der Waals surface area contributed by atoms with Gasteiger partial charge in [-0.25, -0.2) is 18.1 Å². The van der Waals surface area contributed by atoms with Crippen molar-refractivity contribution in [2.45, 2.75) is 35.6 Å². The molecule has 5 nitrogen and oxygen atoms in total. The predicted molar refractivity (Wildman–Crippen MR) is 65.9 cm³/mol. The summed E-state index contributed by atoms with van der Waals surface area (Å²) in [6.07, 6.45) is 3.87. The normalized spacial score (nSPS) is 25.3. The number of halogens is 1. The monoisotopic (exact) mass is 296 g/mol. The first-order valence-electron chi connectivity index (χ1n) is 5.19. The fourth-order valence-corrected chi connectivity index (χ4v) is 4.57. The summed E-state index contributed by atoms with van der Waals surface area (Å²) >= 11 is 6.58. The van der Waals surface area contributed by atoms with Crippen LogP contribution in [0.3, 0.4) is 0 Å². The molecule has 2 atom stereocenters. The number of sulfonamides is 1. The average Bonchev–Trinajstić information content (AvgIpc) is 2.86. The van der Waals surface area contributed by atoms with Gasteiger partial charge in [0.15, 0.2) is 8.68 Å². The minimum Gasteiger partial charge on any atom is -0.380 e. The molecule has 1 aliphatic carbocycles. The Morgan fingerprint density at radius 2 is 2.35 bits per heavy atom. The molecule has 1 fully saturated rings. The molecule has 2 unspecified atom stereocenters. The second-order valence-corrected chi connectivity index (χ2v) is 7.42. The van der Waals surface area contributed by atoms with E-state index in [0.717, 1.165) is 30.6 Å². The Morgan fingerprint density at radius 1 is 1.59 bits per heavy atom. The summed E-state index contributed by atoms with van der Waals surface area (Å²) < 4.78 is 32.3. The lowest BCUT2D eigenvalue weighted by atomic mass is 10.2. The second-order valence-electron chi connectivity index (χ2n) is 3.87. The number of methoxy groups -OCH3 is 1. The Hall–Kier alpha value is -0.210. The summed E-state index contributed by atoms with van der Waals surface area (Å²) in [6.45, 7) is 0. The molecule has 0 aliphatic heterocycles. The maximum absolute atomic E-state index is 12.0. The van der Waals surface area contributed by atoms with Gasteiger partial charge in [-0.2, -0.15) is 0 Å². The highest BCUT2D eigenvalue weighted by Gasteiger charge is 2.31. The highest BCUT2D eigenvalue weighted by Crippen LogP contribution is 2.26. The minimum absolute atomic E-state index is 0.0480. The van der Waals surface area contributed by atoms with Crippen molar-refractivity contribution in [3.05, 3.63) is 10.7 Å². The first-order valence-corrected chi connectivity index (χ1v) is 7.87. The summed E-state index contributed by atoms with van der Waals surface area (Å²) in [5.74, 6) is 0. The fraction of sp³-hybridized carbons (Fsp3) is 0.667. The zero-order valence-electron chi connectivity index (χ0n) is 9.22. The van der Waals surface area contributed by atoms with Crippen LogP contribution in [0.2, 0.25) is 4.47 Å². The van der Waals surface area contributed by atoms with Gasteiger partial charge in [-0.15, -0.1) is 0 Å². The van der Waals surface area contributed by atoms with Gasteiger partial charge in [-0.1, -0.05) is 22.9 Å². The van der Waals surface area contributed by atoms with Crippen molar-refractivity contribution in [1.82, 2.24) is 9.71 Å². The lowest BCUT2D eigenvalue weighted by molar-refractivity contribution is 0.0916. The van der Waals surface area contributed by atoms with Crippen molar-refractivity contribution in [3.63, 3.8) is 0 Å². The van der Waals surface area contributed by atoms with Crippen LogP contribution in [-0.4, -0.2) is 32.7 Å². The maximum atomic E-state index is 12.0. The first kappa shape index (κ1) is 13.2. The van der Waals surface area contributed by atoms with Gasteiger partial charge in [-0.05, 0) is 19.3 Å². The van der Waals surface area contributed by atoms with Crippen molar-refractivity contribution >= 4 is 33.0 Å². The van der Waals surface area contributed by atoms with E-state index in [1.54, 1.807) is 7.11 Å². The van der Waals surface area contributed by atoms with E-state index in [2.05, 4.69) is 9.71 Å². The molecule has 2 rings (SSSR count). The Kier molecular flexibility index (Phi) is 4.04. The topological polar surface area (TPSA) is 68.3 Å². The summed E-state index contributed by atoms with van der Waals surface area (Å²) in [4.78, 5) is 3.73. The first-order chi connectivity index (χ1) is 8.03. The van der Waals surface area contributed by atoms with E-state index in [1.165, 1.54) is 6.20 Å². The third-order valence-electron chi connectivity index (χ3n) is 2.78. The van der Waals surface area contributed by atoms with Crippen LogP contribution in [-0.2, 0) is 14.8 Å². The van der Waals surface area contributed by atoms with Gasteiger partial charge in [0.1, 0.15) is 0 Å². The molecule has 0 amide bonds. The largest absolute Gasteiger partial charge is 0.380 e. The number of hydrogen-bond donors (Lipinski definition) is 1. The molecular weight excluding hydrogens is 284 g/mol. The number of thiazole rings is 1. The molecule has 1 aromatic rings. The molecular formula is C9H13ClN2O3S2. The number of nitrogens with one attached hydrogen (secondary N) is 1. The third-order valence-corrected chi connectivity index (χ3v) is 5.85. The van der Waals surface area contributed by atoms with Gasteiger partial charge < -0.3 is 4.74 Å². The Balaban J connectivity index is 2.12. The van der Waals surface area contributed by atoms with E-state index < -0.39 is 10.0 Å². The third kappa shape index (κ3) is 2.97. The van der Waals surface area contributed by atoms with Gasteiger partial charge in [0.05, 0.1) is 12.3 Å². The Bertz CT molecular complexity index is 488. The number of hydrogen-bond acceptors (Lipinski definition) is 5. The molecule has 1 heterocycles. The molecule has 1 aliphatic rings. The van der Waals surface area contributed by atoms with Crippen LogP contribution >= 0.6 is 22.9 Å². The SMILES string of the molecule is COC1CCCC1NS(=O)(=O)c1cnc(Cl)s1. The highest BCUT2D eigenvalue weighted by molar-refractivity contribution is 7.91. The van der Waals surface area contributed by atoms with Gasteiger partial charge >= 0.3 is 0 Å². The summed E-state index contributed by atoms with van der Waals surface area (Å²) in [6, 6.07) is -0.161. The van der Waals surface area contributed by atoms with E-state index >= 15 is 0 Å². The van der Waals surface area contributed by atoms with E-state index in [0.29, 0.717) is 0 Å². The van der Waals surface area contributed by atoms with Crippen LogP contribution in [0, 0.1) is 0 Å². The van der Waals surface area contributed by atoms with Gasteiger partial charge in [0.2, 0.25) is 0 Å². The quantitative estimate of drug-likeness (QED) is 0.917. The number of rotatable bonds is 4. The standard InChI is InChI=1S/C9H13ClN2O3S2/c1-15-7-4-2-3-6(7)12-17(13,14)8-5-11-9(10)16-8/h5-7,12H,2-4H2,1H3. The van der Waals surface area contributed by atoms with Crippen LogP contribution in [0.1, 0.15) is 19.3 Å². The van der Waals surface area contributed by atoms with Crippen LogP contribution in [0.25, 0.3) is 0 Å². The lowest BCUT2D eigenvalue weighted by Crippen LogP contribution is -2.40. The number of ether oxygens (including phenoxy) is 1. The zero-order valence-corrected chi connectivity index (χ0v) is 11.6. The molecule has 1 saturated carbocycles. The van der Waals surface area contributed by atoms with Gasteiger partial charge in [0, 0.05) is 13.2 Å². The lowest BCUT2D eigenvalue weighted by Gasteiger charge is -2.18. The molecule has 96 valence electrons. The van der Waals surface area contributed by atoms with E-state index in [9.17, 15) is 8.42 Å². The molecule has 0 spiro atoms.